The van der Waals surface area contributed by atoms with Crippen molar-refractivity contribution in [2.75, 3.05) is 6.61 Å². The van der Waals surface area contributed by atoms with Crippen LogP contribution in [0, 0.1) is 0 Å². The van der Waals surface area contributed by atoms with Gasteiger partial charge in [-0.1, -0.05) is 23.2 Å². The van der Waals surface area contributed by atoms with E-state index in [9.17, 15) is 4.79 Å². The third-order valence-corrected chi connectivity index (χ3v) is 3.25. The zero-order valence-corrected chi connectivity index (χ0v) is 11.6. The highest BCUT2D eigenvalue weighted by molar-refractivity contribution is 6.34. The van der Waals surface area contributed by atoms with Crippen LogP contribution in [0.3, 0.4) is 0 Å². The minimum atomic E-state index is -0.499. The molecule has 19 heavy (non-hydrogen) atoms. The van der Waals surface area contributed by atoms with Crippen molar-refractivity contribution >= 4 is 29.1 Å². The number of carbonyl (C=O) groups excluding carboxylic acids is 1. The van der Waals surface area contributed by atoms with Gasteiger partial charge < -0.3 is 9.47 Å². The summed E-state index contributed by atoms with van der Waals surface area (Å²) >= 11 is 11.7. The maximum atomic E-state index is 11.3. The quantitative estimate of drug-likeness (QED) is 0.506. The fourth-order valence-corrected chi connectivity index (χ4v) is 2.42. The van der Waals surface area contributed by atoms with E-state index in [2.05, 4.69) is 5.43 Å². The first kappa shape index (κ1) is 14.4. The Balaban J connectivity index is 1.85. The van der Waals surface area contributed by atoms with Gasteiger partial charge in [-0.2, -0.15) is 0 Å². The lowest BCUT2D eigenvalue weighted by Gasteiger charge is -2.14. The van der Waals surface area contributed by atoms with Crippen LogP contribution in [0.1, 0.15) is 12.8 Å². The second kappa shape index (κ2) is 6.43. The molecule has 1 aromatic rings. The van der Waals surface area contributed by atoms with Gasteiger partial charge in [-0.25, -0.2) is 5.84 Å². The molecule has 2 atom stereocenters. The molecular formula is C12H14Cl2N2O3. The summed E-state index contributed by atoms with van der Waals surface area (Å²) in [5, 5.41) is 1.02. The monoisotopic (exact) mass is 304 g/mol. The molecule has 0 bridgehead atoms. The number of rotatable bonds is 4. The van der Waals surface area contributed by atoms with Crippen LogP contribution >= 0.6 is 23.2 Å². The molecule has 1 heterocycles. The van der Waals surface area contributed by atoms with E-state index in [-0.39, 0.29) is 12.0 Å². The van der Waals surface area contributed by atoms with Gasteiger partial charge in [0.05, 0.1) is 6.10 Å². The van der Waals surface area contributed by atoms with E-state index in [4.69, 9.17) is 38.5 Å². The Morgan fingerprint density at radius 1 is 1.37 bits per heavy atom. The molecule has 7 heteroatoms. The van der Waals surface area contributed by atoms with Crippen LogP contribution in [0.25, 0.3) is 0 Å². The molecule has 1 amide bonds. The molecule has 1 fully saturated rings. The predicted octanol–water partition coefficient (Wildman–Crippen LogP) is 1.91. The van der Waals surface area contributed by atoms with Crippen molar-refractivity contribution < 1.29 is 14.3 Å². The molecule has 0 aliphatic carbocycles. The maximum Gasteiger partial charge on any atom is 0.263 e. The molecule has 0 aromatic heterocycles. The number of nitrogens with two attached hydrogens (primary N) is 1. The number of halogens is 2. The third kappa shape index (κ3) is 3.98. The average Bonchev–Trinajstić information content (AvgIpc) is 2.83. The maximum absolute atomic E-state index is 11.3. The van der Waals surface area contributed by atoms with Gasteiger partial charge in [-0.15, -0.1) is 0 Å². The summed E-state index contributed by atoms with van der Waals surface area (Å²) in [7, 11) is 0. The highest BCUT2D eigenvalue weighted by Gasteiger charge is 2.30. The third-order valence-electron chi connectivity index (χ3n) is 2.81. The topological polar surface area (TPSA) is 73.6 Å². The number of hydrogen-bond donors (Lipinski definition) is 2. The summed E-state index contributed by atoms with van der Waals surface area (Å²) in [6, 6.07) is 4.97. The Hall–Kier alpha value is -1.01. The van der Waals surface area contributed by atoms with Crippen molar-refractivity contribution in [2.45, 2.75) is 25.0 Å². The van der Waals surface area contributed by atoms with Gasteiger partial charge in [0.1, 0.15) is 18.5 Å². The van der Waals surface area contributed by atoms with Crippen LogP contribution in [-0.4, -0.2) is 24.7 Å². The number of amides is 1. The van der Waals surface area contributed by atoms with Crippen LogP contribution in [0.5, 0.6) is 5.75 Å². The fourth-order valence-electron chi connectivity index (χ4n) is 1.92. The Labute approximate surface area is 120 Å². The lowest BCUT2D eigenvalue weighted by Crippen LogP contribution is -2.39. The van der Waals surface area contributed by atoms with Gasteiger partial charge in [0, 0.05) is 10.0 Å². The molecule has 104 valence electrons. The molecule has 0 radical (unpaired) electrons. The molecule has 1 aliphatic rings. The Morgan fingerprint density at radius 3 is 2.68 bits per heavy atom. The van der Waals surface area contributed by atoms with Crippen LogP contribution < -0.4 is 16.0 Å². The summed E-state index contributed by atoms with van der Waals surface area (Å²) in [6.07, 6.45) is 0.737. The van der Waals surface area contributed by atoms with E-state index in [1.54, 1.807) is 18.2 Å². The number of hydrogen-bond acceptors (Lipinski definition) is 4. The summed E-state index contributed by atoms with van der Waals surface area (Å²) < 4.78 is 11.1. The van der Waals surface area contributed by atoms with Crippen molar-refractivity contribution in [1.82, 2.24) is 5.43 Å². The van der Waals surface area contributed by atoms with Crippen LogP contribution in [0.15, 0.2) is 18.2 Å². The smallest absolute Gasteiger partial charge is 0.263 e. The summed E-state index contributed by atoms with van der Waals surface area (Å²) in [5.41, 5.74) is 2.08. The van der Waals surface area contributed by atoms with Crippen molar-refractivity contribution in [1.29, 1.82) is 0 Å². The summed E-state index contributed by atoms with van der Waals surface area (Å²) in [4.78, 5) is 11.3. The standard InChI is InChI=1S/C12H14Cl2N2O3/c13-7-3-8(14)5-10(4-7)18-6-9-1-2-11(19-9)12(17)16-15/h3-5,9,11H,1-2,6,15H2,(H,16,17). The Kier molecular flexibility index (Phi) is 4.87. The van der Waals surface area contributed by atoms with Crippen molar-refractivity contribution in [3.8, 4) is 5.75 Å². The van der Waals surface area contributed by atoms with Crippen molar-refractivity contribution in [3.05, 3.63) is 28.2 Å². The van der Waals surface area contributed by atoms with Gasteiger partial charge in [0.2, 0.25) is 0 Å². The van der Waals surface area contributed by atoms with E-state index in [1.807, 2.05) is 0 Å². The molecule has 2 unspecified atom stereocenters. The average molecular weight is 305 g/mol. The van der Waals surface area contributed by atoms with Gasteiger partial charge in [0.25, 0.3) is 5.91 Å². The largest absolute Gasteiger partial charge is 0.491 e. The molecule has 2 rings (SSSR count). The zero-order valence-electron chi connectivity index (χ0n) is 10.1. The number of ether oxygens (including phenoxy) is 2. The molecular weight excluding hydrogens is 291 g/mol. The summed E-state index contributed by atoms with van der Waals surface area (Å²) in [5.74, 6) is 5.32. The van der Waals surface area contributed by atoms with Crippen LogP contribution in [-0.2, 0) is 9.53 Å². The molecule has 5 nitrogen and oxygen atoms in total. The number of carbonyl (C=O) groups is 1. The lowest BCUT2D eigenvalue weighted by atomic mass is 10.2. The number of nitrogens with one attached hydrogen (secondary N) is 1. The molecule has 1 aliphatic heterocycles. The van der Waals surface area contributed by atoms with Crippen LogP contribution in [0.2, 0.25) is 10.0 Å². The molecule has 0 spiro atoms. The van der Waals surface area contributed by atoms with E-state index in [1.165, 1.54) is 0 Å². The lowest BCUT2D eigenvalue weighted by molar-refractivity contribution is -0.132. The first-order valence-corrected chi connectivity index (χ1v) is 6.59. The zero-order chi connectivity index (χ0) is 13.8. The minimum absolute atomic E-state index is 0.139. The fraction of sp³-hybridized carbons (Fsp3) is 0.417. The minimum Gasteiger partial charge on any atom is -0.491 e. The second-order valence-corrected chi connectivity index (χ2v) is 5.12. The van der Waals surface area contributed by atoms with Crippen LogP contribution in [0.4, 0.5) is 0 Å². The van der Waals surface area contributed by atoms with Gasteiger partial charge in [0.15, 0.2) is 0 Å². The Bertz CT molecular complexity index is 450. The normalized spacial score (nSPS) is 22.3. The molecule has 1 saturated heterocycles. The van der Waals surface area contributed by atoms with Crippen molar-refractivity contribution in [3.63, 3.8) is 0 Å². The van der Waals surface area contributed by atoms with E-state index in [0.717, 1.165) is 6.42 Å². The highest BCUT2D eigenvalue weighted by Crippen LogP contribution is 2.26. The van der Waals surface area contributed by atoms with Gasteiger partial charge in [-0.3, -0.25) is 10.2 Å². The van der Waals surface area contributed by atoms with Gasteiger partial charge >= 0.3 is 0 Å². The van der Waals surface area contributed by atoms with Gasteiger partial charge in [-0.05, 0) is 31.0 Å². The van der Waals surface area contributed by atoms with E-state index >= 15 is 0 Å². The first-order valence-electron chi connectivity index (χ1n) is 5.83. The Morgan fingerprint density at radius 2 is 2.05 bits per heavy atom. The van der Waals surface area contributed by atoms with E-state index < -0.39 is 6.10 Å². The second-order valence-electron chi connectivity index (χ2n) is 4.25. The molecule has 3 N–H and O–H groups in total. The molecule has 0 saturated carbocycles. The highest BCUT2D eigenvalue weighted by atomic mass is 35.5. The first-order chi connectivity index (χ1) is 9.08. The number of benzene rings is 1. The predicted molar refractivity (Wildman–Crippen MR) is 72.2 cm³/mol. The van der Waals surface area contributed by atoms with E-state index in [0.29, 0.717) is 28.8 Å². The summed E-state index contributed by atoms with van der Waals surface area (Å²) in [6.45, 7) is 0.338. The van der Waals surface area contributed by atoms with Crippen molar-refractivity contribution in [2.24, 2.45) is 5.84 Å². The SMILES string of the molecule is NNC(=O)C1CCC(COc2cc(Cl)cc(Cl)c2)O1. The number of hydrazine groups is 1. The molecule has 1 aromatic carbocycles.